The largest absolute Gasteiger partial charge is 0.477 e. The highest BCUT2D eigenvalue weighted by atomic mass is 16.4. The summed E-state index contributed by atoms with van der Waals surface area (Å²) in [4.78, 5) is 26.6. The molecule has 0 fully saturated rings. The van der Waals surface area contributed by atoms with Crippen molar-refractivity contribution in [3.8, 4) is 0 Å². The number of hydrogen-bond acceptors (Lipinski definition) is 3. The van der Waals surface area contributed by atoms with Gasteiger partial charge in [-0.15, -0.1) is 0 Å². The number of rotatable bonds is 3. The van der Waals surface area contributed by atoms with Gasteiger partial charge in [0.05, 0.1) is 5.52 Å². The van der Waals surface area contributed by atoms with Gasteiger partial charge in [-0.3, -0.25) is 4.79 Å². The average molecular weight is 280 g/mol. The predicted molar refractivity (Wildman–Crippen MR) is 78.5 cm³/mol. The topological polar surface area (TPSA) is 72.2 Å². The summed E-state index contributed by atoms with van der Waals surface area (Å²) in [6.45, 7) is 0.476. The van der Waals surface area contributed by atoms with Crippen LogP contribution in [0.15, 0.2) is 59.7 Å². The number of fused-ring (bicyclic) bond motifs is 1. The standard InChI is InChI=1S/C16H12N2O3/c19-15-6-8-18(14-4-2-1-3-12(14)15)10-11-5-7-17-13(9-11)16(20)21/h1-9H,10H2,(H,20,21). The predicted octanol–water partition coefficient (Wildman–Crippen LogP) is 2.14. The minimum atomic E-state index is -1.05. The number of carboxylic acid groups (broad SMARTS) is 1. The van der Waals surface area contributed by atoms with Crippen LogP contribution in [0.3, 0.4) is 0 Å². The SMILES string of the molecule is O=C(O)c1cc(Cn2ccc(=O)c3ccccc32)ccn1. The van der Waals surface area contributed by atoms with Crippen LogP contribution in [0.2, 0.25) is 0 Å². The molecule has 0 atom stereocenters. The maximum atomic E-state index is 11.8. The normalized spacial score (nSPS) is 10.7. The summed E-state index contributed by atoms with van der Waals surface area (Å²) in [5.41, 5.74) is 1.62. The summed E-state index contributed by atoms with van der Waals surface area (Å²) < 4.78 is 1.91. The van der Waals surface area contributed by atoms with Gasteiger partial charge in [-0.25, -0.2) is 9.78 Å². The Hall–Kier alpha value is -2.95. The minimum absolute atomic E-state index is 0.0119. The van der Waals surface area contributed by atoms with Gasteiger partial charge in [0.25, 0.3) is 0 Å². The van der Waals surface area contributed by atoms with Gasteiger partial charge in [0.15, 0.2) is 5.43 Å². The molecule has 1 N–H and O–H groups in total. The van der Waals surface area contributed by atoms with E-state index in [0.717, 1.165) is 11.1 Å². The molecule has 0 saturated carbocycles. The van der Waals surface area contributed by atoms with Crippen LogP contribution >= 0.6 is 0 Å². The molecule has 0 amide bonds. The Labute approximate surface area is 120 Å². The van der Waals surface area contributed by atoms with E-state index >= 15 is 0 Å². The number of aromatic nitrogens is 2. The first-order valence-corrected chi connectivity index (χ1v) is 6.41. The van der Waals surface area contributed by atoms with E-state index in [4.69, 9.17) is 5.11 Å². The molecule has 3 rings (SSSR count). The van der Waals surface area contributed by atoms with Crippen molar-refractivity contribution >= 4 is 16.9 Å². The second kappa shape index (κ2) is 5.20. The fourth-order valence-electron chi connectivity index (χ4n) is 2.28. The monoisotopic (exact) mass is 280 g/mol. The van der Waals surface area contributed by atoms with Gasteiger partial charge >= 0.3 is 5.97 Å². The van der Waals surface area contributed by atoms with Crippen LogP contribution < -0.4 is 5.43 Å². The quantitative estimate of drug-likeness (QED) is 0.797. The molecule has 5 heteroatoms. The lowest BCUT2D eigenvalue weighted by atomic mass is 10.2. The molecule has 0 unspecified atom stereocenters. The molecule has 0 bridgehead atoms. The van der Waals surface area contributed by atoms with Gasteiger partial charge in [-0.2, -0.15) is 0 Å². The lowest BCUT2D eigenvalue weighted by Crippen LogP contribution is -2.09. The van der Waals surface area contributed by atoms with Crippen LogP contribution in [0.5, 0.6) is 0 Å². The number of benzene rings is 1. The third-order valence-electron chi connectivity index (χ3n) is 3.28. The van der Waals surface area contributed by atoms with E-state index in [1.54, 1.807) is 18.3 Å². The number of carboxylic acids is 1. The van der Waals surface area contributed by atoms with Crippen molar-refractivity contribution in [1.29, 1.82) is 0 Å². The number of carbonyl (C=O) groups is 1. The molecular formula is C16H12N2O3. The summed E-state index contributed by atoms with van der Waals surface area (Å²) in [6, 6.07) is 12.2. The molecule has 0 spiro atoms. The molecule has 104 valence electrons. The smallest absolute Gasteiger partial charge is 0.354 e. The van der Waals surface area contributed by atoms with Crippen LogP contribution in [0.25, 0.3) is 10.9 Å². The molecule has 3 aromatic rings. The van der Waals surface area contributed by atoms with Gasteiger partial charge in [-0.05, 0) is 29.8 Å². The Morgan fingerprint density at radius 2 is 2.00 bits per heavy atom. The molecule has 2 heterocycles. The zero-order valence-electron chi connectivity index (χ0n) is 11.1. The summed E-state index contributed by atoms with van der Waals surface area (Å²) in [5.74, 6) is -1.05. The average Bonchev–Trinajstić information content (AvgIpc) is 2.51. The zero-order chi connectivity index (χ0) is 14.8. The highest BCUT2D eigenvalue weighted by molar-refractivity contribution is 5.85. The third kappa shape index (κ3) is 2.53. The summed E-state index contributed by atoms with van der Waals surface area (Å²) in [7, 11) is 0. The van der Waals surface area contributed by atoms with Crippen LogP contribution in [0.4, 0.5) is 0 Å². The fourth-order valence-corrected chi connectivity index (χ4v) is 2.28. The van der Waals surface area contributed by atoms with Crippen molar-refractivity contribution in [2.75, 3.05) is 0 Å². The van der Waals surface area contributed by atoms with E-state index in [0.29, 0.717) is 11.9 Å². The first kappa shape index (κ1) is 13.1. The Morgan fingerprint density at radius 1 is 1.19 bits per heavy atom. The number of pyridine rings is 2. The number of aromatic carboxylic acids is 1. The highest BCUT2D eigenvalue weighted by Gasteiger charge is 2.07. The van der Waals surface area contributed by atoms with E-state index < -0.39 is 5.97 Å². The van der Waals surface area contributed by atoms with Crippen LogP contribution in [0, 0.1) is 0 Å². The van der Waals surface area contributed by atoms with Gasteiger partial charge < -0.3 is 9.67 Å². The molecule has 1 aromatic carbocycles. The lowest BCUT2D eigenvalue weighted by molar-refractivity contribution is 0.0690. The number of hydrogen-bond donors (Lipinski definition) is 1. The summed E-state index contributed by atoms with van der Waals surface area (Å²) in [6.07, 6.45) is 3.19. The molecule has 21 heavy (non-hydrogen) atoms. The molecular weight excluding hydrogens is 268 g/mol. The van der Waals surface area contributed by atoms with Crippen molar-refractivity contribution in [2.45, 2.75) is 6.54 Å². The van der Waals surface area contributed by atoms with Crippen LogP contribution in [-0.2, 0) is 6.54 Å². The summed E-state index contributed by atoms with van der Waals surface area (Å²) in [5, 5.41) is 9.62. The fraction of sp³-hybridized carbons (Fsp3) is 0.0625. The first-order valence-electron chi connectivity index (χ1n) is 6.41. The van der Waals surface area contributed by atoms with Gasteiger partial charge in [-0.1, -0.05) is 12.1 Å². The van der Waals surface area contributed by atoms with E-state index in [9.17, 15) is 9.59 Å². The van der Waals surface area contributed by atoms with Crippen molar-refractivity contribution < 1.29 is 9.90 Å². The third-order valence-corrected chi connectivity index (χ3v) is 3.28. The Bertz CT molecular complexity index is 884. The summed E-state index contributed by atoms with van der Waals surface area (Å²) >= 11 is 0. The highest BCUT2D eigenvalue weighted by Crippen LogP contribution is 2.12. The van der Waals surface area contributed by atoms with E-state index in [-0.39, 0.29) is 11.1 Å². The van der Waals surface area contributed by atoms with Crippen molar-refractivity contribution in [1.82, 2.24) is 9.55 Å². The number of para-hydroxylation sites is 1. The van der Waals surface area contributed by atoms with Crippen molar-refractivity contribution in [2.24, 2.45) is 0 Å². The molecule has 0 aliphatic heterocycles. The van der Waals surface area contributed by atoms with E-state index in [1.165, 1.54) is 18.3 Å². The van der Waals surface area contributed by atoms with Crippen molar-refractivity contribution in [3.05, 3.63) is 76.3 Å². The molecule has 5 nitrogen and oxygen atoms in total. The first-order chi connectivity index (χ1) is 10.1. The van der Waals surface area contributed by atoms with Gasteiger partial charge in [0.1, 0.15) is 5.69 Å². The molecule has 0 aliphatic rings. The van der Waals surface area contributed by atoms with Gasteiger partial charge in [0.2, 0.25) is 0 Å². The Kier molecular flexibility index (Phi) is 3.23. The molecule has 0 saturated heterocycles. The maximum Gasteiger partial charge on any atom is 0.354 e. The van der Waals surface area contributed by atoms with Crippen molar-refractivity contribution in [3.63, 3.8) is 0 Å². The second-order valence-corrected chi connectivity index (χ2v) is 4.68. The maximum absolute atomic E-state index is 11.8. The molecule has 0 aliphatic carbocycles. The number of nitrogens with zero attached hydrogens (tertiary/aromatic N) is 2. The van der Waals surface area contributed by atoms with E-state index in [2.05, 4.69) is 4.98 Å². The van der Waals surface area contributed by atoms with Crippen LogP contribution in [0.1, 0.15) is 16.1 Å². The Balaban J connectivity index is 2.06. The van der Waals surface area contributed by atoms with E-state index in [1.807, 2.05) is 22.8 Å². The molecule has 2 aromatic heterocycles. The minimum Gasteiger partial charge on any atom is -0.477 e. The second-order valence-electron chi connectivity index (χ2n) is 4.68. The van der Waals surface area contributed by atoms with Crippen LogP contribution in [-0.4, -0.2) is 20.6 Å². The Morgan fingerprint density at radius 3 is 2.81 bits per heavy atom. The zero-order valence-corrected chi connectivity index (χ0v) is 11.1. The van der Waals surface area contributed by atoms with Gasteiger partial charge in [0, 0.05) is 30.4 Å². The lowest BCUT2D eigenvalue weighted by Gasteiger charge is -2.10. The molecule has 0 radical (unpaired) electrons.